The number of carbonyl (C=O) groups excluding carboxylic acids is 1. The molecule has 1 amide bonds. The van der Waals surface area contributed by atoms with Crippen LogP contribution < -0.4 is 10.6 Å². The van der Waals surface area contributed by atoms with Gasteiger partial charge in [-0.1, -0.05) is 58.9 Å². The Morgan fingerprint density at radius 3 is 2.42 bits per heavy atom. The van der Waals surface area contributed by atoms with Crippen LogP contribution in [0.5, 0.6) is 0 Å². The first-order valence-electron chi connectivity index (χ1n) is 8.93. The molecule has 2 aromatic rings. The fourth-order valence-corrected chi connectivity index (χ4v) is 3.66. The number of thiophene rings is 1. The largest absolute Gasteiger partial charge is 0.332 e. The third-order valence-corrected chi connectivity index (χ3v) is 5.31. The number of hydrogen-bond donors (Lipinski definition) is 2. The molecule has 1 aromatic carbocycles. The maximum Gasteiger partial charge on any atom is 0.280 e. The molecular formula is C21H28N3OS+. The van der Waals surface area contributed by atoms with Crippen molar-refractivity contribution in [2.45, 2.75) is 46.1 Å². The van der Waals surface area contributed by atoms with E-state index in [1.54, 1.807) is 6.07 Å². The number of amides is 1. The van der Waals surface area contributed by atoms with Crippen molar-refractivity contribution in [1.82, 2.24) is 0 Å². The average molecular weight is 371 g/mol. The van der Waals surface area contributed by atoms with E-state index in [1.807, 2.05) is 5.38 Å². The van der Waals surface area contributed by atoms with Gasteiger partial charge in [-0.25, -0.2) is 0 Å². The second-order valence-corrected chi connectivity index (χ2v) is 8.82. The van der Waals surface area contributed by atoms with Gasteiger partial charge in [0, 0.05) is 11.5 Å². The van der Waals surface area contributed by atoms with Gasteiger partial charge in [-0.15, -0.1) is 11.3 Å². The number of nitriles is 1. The summed E-state index contributed by atoms with van der Waals surface area (Å²) < 4.78 is 0. The summed E-state index contributed by atoms with van der Waals surface area (Å²) in [6.07, 6.45) is 0. The van der Waals surface area contributed by atoms with E-state index < -0.39 is 0 Å². The molecule has 0 aliphatic rings. The van der Waals surface area contributed by atoms with E-state index in [0.29, 0.717) is 23.0 Å². The van der Waals surface area contributed by atoms with E-state index in [4.69, 9.17) is 5.26 Å². The minimum atomic E-state index is -0.0825. The minimum Gasteiger partial charge on any atom is -0.332 e. The van der Waals surface area contributed by atoms with Gasteiger partial charge in [0.05, 0.1) is 5.56 Å². The summed E-state index contributed by atoms with van der Waals surface area (Å²) in [5.41, 5.74) is 3.19. The van der Waals surface area contributed by atoms with Crippen LogP contribution in [0.4, 0.5) is 5.00 Å². The lowest BCUT2D eigenvalue weighted by Gasteiger charge is -2.22. The lowest BCUT2D eigenvalue weighted by Crippen LogP contribution is -2.88. The van der Waals surface area contributed by atoms with Gasteiger partial charge in [0.25, 0.3) is 5.91 Å². The van der Waals surface area contributed by atoms with E-state index >= 15 is 0 Å². The highest BCUT2D eigenvalue weighted by Crippen LogP contribution is 2.25. The molecule has 2 rings (SSSR count). The van der Waals surface area contributed by atoms with Gasteiger partial charge in [-0.05, 0) is 22.4 Å². The molecule has 0 spiro atoms. The molecule has 0 saturated heterocycles. The molecule has 0 saturated carbocycles. The number of benzene rings is 1. The summed E-state index contributed by atoms with van der Waals surface area (Å²) >= 11 is 1.37. The van der Waals surface area contributed by atoms with Gasteiger partial charge in [-0.3, -0.25) is 4.79 Å². The Balaban J connectivity index is 2.02. The molecule has 0 fully saturated rings. The third-order valence-electron chi connectivity index (χ3n) is 4.48. The first-order valence-corrected chi connectivity index (χ1v) is 9.81. The van der Waals surface area contributed by atoms with Crippen LogP contribution >= 0.6 is 11.3 Å². The quantitative estimate of drug-likeness (QED) is 0.811. The van der Waals surface area contributed by atoms with E-state index in [9.17, 15) is 4.79 Å². The van der Waals surface area contributed by atoms with E-state index in [-0.39, 0.29) is 17.4 Å². The Bertz CT molecular complexity index is 779. The Kier molecular flexibility index (Phi) is 6.57. The topological polar surface area (TPSA) is 69.5 Å². The van der Waals surface area contributed by atoms with Crippen molar-refractivity contribution in [3.63, 3.8) is 0 Å². The fraction of sp³-hybridized carbons (Fsp3) is 0.429. The van der Waals surface area contributed by atoms with Crippen molar-refractivity contribution in [3.8, 4) is 6.07 Å². The molecule has 0 bridgehead atoms. The molecule has 0 aliphatic carbocycles. The number of anilines is 1. The number of nitrogens with two attached hydrogens (primary N) is 1. The third kappa shape index (κ3) is 5.17. The molecule has 138 valence electrons. The summed E-state index contributed by atoms with van der Waals surface area (Å²) in [6, 6.07) is 12.7. The molecule has 0 radical (unpaired) electrons. The van der Waals surface area contributed by atoms with E-state index in [2.05, 4.69) is 75.6 Å². The zero-order valence-corrected chi connectivity index (χ0v) is 17.0. The number of quaternary nitrogens is 1. The van der Waals surface area contributed by atoms with Crippen molar-refractivity contribution in [3.05, 3.63) is 52.4 Å². The second-order valence-electron chi connectivity index (χ2n) is 7.91. The summed E-state index contributed by atoms with van der Waals surface area (Å²) in [6.45, 7) is 11.3. The van der Waals surface area contributed by atoms with Gasteiger partial charge in [0.1, 0.15) is 17.1 Å². The summed E-state index contributed by atoms with van der Waals surface area (Å²) in [4.78, 5) is 12.3. The average Bonchev–Trinajstić information content (AvgIpc) is 3.01. The number of nitrogens with zero attached hydrogens (tertiary/aromatic N) is 1. The first-order chi connectivity index (χ1) is 12.2. The summed E-state index contributed by atoms with van der Waals surface area (Å²) in [5, 5.41) is 16.4. The maximum absolute atomic E-state index is 12.3. The van der Waals surface area contributed by atoms with Crippen LogP contribution in [0.15, 0.2) is 35.7 Å². The molecule has 1 heterocycles. The van der Waals surface area contributed by atoms with E-state index in [1.165, 1.54) is 22.5 Å². The highest BCUT2D eigenvalue weighted by molar-refractivity contribution is 7.14. The first kappa shape index (κ1) is 20.2. The van der Waals surface area contributed by atoms with Crippen LogP contribution in [-0.4, -0.2) is 12.5 Å². The molecule has 26 heavy (non-hydrogen) atoms. The molecule has 4 nitrogen and oxygen atoms in total. The molecule has 3 N–H and O–H groups in total. The minimum absolute atomic E-state index is 0.0825. The second kappa shape index (κ2) is 8.48. The van der Waals surface area contributed by atoms with Crippen LogP contribution in [0.25, 0.3) is 0 Å². The van der Waals surface area contributed by atoms with Gasteiger partial charge in [-0.2, -0.15) is 5.26 Å². The molecular weight excluding hydrogens is 342 g/mol. The highest BCUT2D eigenvalue weighted by atomic mass is 32.1. The molecule has 0 aliphatic heterocycles. The van der Waals surface area contributed by atoms with Gasteiger partial charge in [0.15, 0.2) is 6.54 Å². The Labute approximate surface area is 160 Å². The number of rotatable bonds is 6. The van der Waals surface area contributed by atoms with Gasteiger partial charge >= 0.3 is 0 Å². The Morgan fingerprint density at radius 1 is 1.23 bits per heavy atom. The molecule has 1 atom stereocenters. The van der Waals surface area contributed by atoms with Crippen LogP contribution in [0.2, 0.25) is 0 Å². The Hall–Kier alpha value is -2.16. The molecule has 1 aromatic heterocycles. The Morgan fingerprint density at radius 2 is 1.88 bits per heavy atom. The summed E-state index contributed by atoms with van der Waals surface area (Å²) in [5.74, 6) is 0.320. The van der Waals surface area contributed by atoms with Crippen molar-refractivity contribution in [2.24, 2.45) is 5.92 Å². The summed E-state index contributed by atoms with van der Waals surface area (Å²) in [7, 11) is 0. The zero-order valence-electron chi connectivity index (χ0n) is 16.2. The molecule has 5 heteroatoms. The standard InChI is InChI=1S/C21H27N3OS/c1-14(2)19(15-6-8-17(9-7-15)21(3,4)5)23-13-18(25)24-20-16(12-22)10-11-26-20/h6-11,14,19,23H,13H2,1-5H3,(H,24,25)/p+1/t19-/m0/s1. The highest BCUT2D eigenvalue weighted by Gasteiger charge is 2.22. The van der Waals surface area contributed by atoms with Crippen LogP contribution in [0, 0.1) is 17.2 Å². The predicted molar refractivity (Wildman–Crippen MR) is 107 cm³/mol. The number of carbonyl (C=O) groups is 1. The van der Waals surface area contributed by atoms with Crippen molar-refractivity contribution in [2.75, 3.05) is 11.9 Å². The smallest absolute Gasteiger partial charge is 0.280 e. The fourth-order valence-electron chi connectivity index (χ4n) is 2.90. The zero-order chi connectivity index (χ0) is 19.3. The van der Waals surface area contributed by atoms with Crippen LogP contribution in [0.3, 0.4) is 0 Å². The van der Waals surface area contributed by atoms with Crippen molar-refractivity contribution < 1.29 is 10.1 Å². The van der Waals surface area contributed by atoms with Crippen molar-refractivity contribution >= 4 is 22.2 Å². The number of nitrogens with one attached hydrogen (secondary N) is 1. The predicted octanol–water partition coefficient (Wildman–Crippen LogP) is 3.82. The SMILES string of the molecule is CC(C)[C@H]([NH2+]CC(=O)Nc1sccc1C#N)c1ccc(C(C)(C)C)cc1. The lowest BCUT2D eigenvalue weighted by molar-refractivity contribution is -0.692. The number of hydrogen-bond acceptors (Lipinski definition) is 3. The molecule has 0 unspecified atom stereocenters. The maximum atomic E-state index is 12.3. The normalized spacial score (nSPS) is 12.7. The van der Waals surface area contributed by atoms with Crippen LogP contribution in [-0.2, 0) is 10.2 Å². The van der Waals surface area contributed by atoms with Crippen molar-refractivity contribution in [1.29, 1.82) is 5.26 Å². The van der Waals surface area contributed by atoms with E-state index in [0.717, 1.165) is 0 Å². The van der Waals surface area contributed by atoms with Crippen LogP contribution in [0.1, 0.15) is 57.4 Å². The lowest BCUT2D eigenvalue weighted by atomic mass is 9.85. The monoisotopic (exact) mass is 370 g/mol. The van der Waals surface area contributed by atoms with Gasteiger partial charge in [0.2, 0.25) is 0 Å². The van der Waals surface area contributed by atoms with Gasteiger partial charge < -0.3 is 10.6 Å².